The molecule has 9 nitrogen and oxygen atoms in total. The number of ether oxygens (including phenoxy) is 1. The monoisotopic (exact) mass is 381 g/mol. The van der Waals surface area contributed by atoms with E-state index >= 15 is 0 Å². The van der Waals surface area contributed by atoms with Crippen LogP contribution in [-0.2, 0) is 20.7 Å². The number of methoxy groups -OCH3 is 1. The van der Waals surface area contributed by atoms with Gasteiger partial charge >= 0.3 is 5.97 Å². The van der Waals surface area contributed by atoms with Crippen molar-refractivity contribution in [2.75, 3.05) is 7.11 Å². The number of nitrogens with two attached hydrogens (primary N) is 1. The summed E-state index contributed by atoms with van der Waals surface area (Å²) in [5, 5.41) is 23.4. The van der Waals surface area contributed by atoms with E-state index in [4.69, 9.17) is 10.5 Å². The van der Waals surface area contributed by atoms with Crippen molar-refractivity contribution in [3.8, 4) is 0 Å². The molecule has 0 fully saturated rings. The lowest BCUT2D eigenvalue weighted by molar-refractivity contribution is -0.384. The van der Waals surface area contributed by atoms with Gasteiger partial charge in [0.1, 0.15) is 6.04 Å². The molecule has 1 aromatic carbocycles. The maximum absolute atomic E-state index is 12.2. The molecule has 0 saturated carbocycles. The summed E-state index contributed by atoms with van der Waals surface area (Å²) in [6.45, 7) is 3.71. The molecule has 0 saturated heterocycles. The van der Waals surface area contributed by atoms with Crippen molar-refractivity contribution < 1.29 is 24.4 Å². The molecule has 150 valence electrons. The van der Waals surface area contributed by atoms with Crippen LogP contribution in [-0.4, -0.2) is 47.2 Å². The van der Waals surface area contributed by atoms with E-state index in [1.54, 1.807) is 12.1 Å². The van der Waals surface area contributed by atoms with Crippen molar-refractivity contribution in [2.45, 2.75) is 51.3 Å². The van der Waals surface area contributed by atoms with E-state index in [2.05, 4.69) is 5.32 Å². The number of carbonyl (C=O) groups excluding carboxylic acids is 2. The van der Waals surface area contributed by atoms with E-state index in [0.29, 0.717) is 12.0 Å². The van der Waals surface area contributed by atoms with Crippen molar-refractivity contribution in [3.63, 3.8) is 0 Å². The van der Waals surface area contributed by atoms with Gasteiger partial charge in [0.05, 0.1) is 24.6 Å². The normalized spacial score (nSPS) is 15.3. The number of nitrogens with zero attached hydrogens (tertiary/aromatic N) is 1. The van der Waals surface area contributed by atoms with Gasteiger partial charge < -0.3 is 20.9 Å². The summed E-state index contributed by atoms with van der Waals surface area (Å²) in [6, 6.07) is 4.30. The van der Waals surface area contributed by atoms with Crippen LogP contribution in [0.15, 0.2) is 24.3 Å². The molecule has 4 N–H and O–H groups in total. The van der Waals surface area contributed by atoms with Crippen LogP contribution in [0.4, 0.5) is 5.69 Å². The van der Waals surface area contributed by atoms with Gasteiger partial charge in [-0.05, 0) is 17.9 Å². The van der Waals surface area contributed by atoms with Gasteiger partial charge in [-0.1, -0.05) is 32.4 Å². The number of aliphatic hydroxyl groups excluding tert-OH is 1. The zero-order valence-electron chi connectivity index (χ0n) is 15.8. The maximum atomic E-state index is 12.2. The van der Waals surface area contributed by atoms with Crippen LogP contribution >= 0.6 is 0 Å². The molecule has 1 unspecified atom stereocenters. The minimum atomic E-state index is -1.13. The largest absolute Gasteiger partial charge is 0.467 e. The summed E-state index contributed by atoms with van der Waals surface area (Å²) in [5.41, 5.74) is 6.61. The van der Waals surface area contributed by atoms with Gasteiger partial charge in [-0.25, -0.2) is 4.79 Å². The number of aliphatic hydroxyl groups is 1. The molecule has 0 aliphatic carbocycles. The molecule has 9 heteroatoms. The van der Waals surface area contributed by atoms with Gasteiger partial charge in [-0.15, -0.1) is 0 Å². The molecule has 27 heavy (non-hydrogen) atoms. The Morgan fingerprint density at radius 1 is 1.33 bits per heavy atom. The van der Waals surface area contributed by atoms with E-state index in [1.807, 2.05) is 13.8 Å². The Morgan fingerprint density at radius 3 is 2.41 bits per heavy atom. The maximum Gasteiger partial charge on any atom is 0.328 e. The van der Waals surface area contributed by atoms with Crippen molar-refractivity contribution in [3.05, 3.63) is 39.9 Å². The first-order valence-corrected chi connectivity index (χ1v) is 8.73. The number of amides is 1. The van der Waals surface area contributed by atoms with Crippen LogP contribution in [0, 0.1) is 16.0 Å². The minimum Gasteiger partial charge on any atom is -0.467 e. The smallest absolute Gasteiger partial charge is 0.328 e. The SMILES string of the molecule is CC[C@@H](C)[C@H](NC(=O)CC(O)[C@@H](N)Cc1ccc([N+](=O)[O-])cc1)C(=O)OC. The highest BCUT2D eigenvalue weighted by molar-refractivity contribution is 5.84. The van der Waals surface area contributed by atoms with Crippen LogP contribution in [0.3, 0.4) is 0 Å². The summed E-state index contributed by atoms with van der Waals surface area (Å²) in [7, 11) is 1.25. The second-order valence-electron chi connectivity index (χ2n) is 6.52. The second kappa shape index (κ2) is 10.6. The first-order chi connectivity index (χ1) is 12.7. The van der Waals surface area contributed by atoms with Gasteiger partial charge in [-0.3, -0.25) is 14.9 Å². The van der Waals surface area contributed by atoms with Crippen LogP contribution in [0.1, 0.15) is 32.3 Å². The molecular weight excluding hydrogens is 354 g/mol. The number of rotatable bonds is 10. The lowest BCUT2D eigenvalue weighted by Gasteiger charge is -2.24. The zero-order valence-corrected chi connectivity index (χ0v) is 15.8. The number of nitro groups is 1. The van der Waals surface area contributed by atoms with Crippen molar-refractivity contribution in [2.24, 2.45) is 11.7 Å². The average Bonchev–Trinajstić information content (AvgIpc) is 2.65. The number of hydrogen-bond acceptors (Lipinski definition) is 7. The first-order valence-electron chi connectivity index (χ1n) is 8.73. The Bertz CT molecular complexity index is 649. The lowest BCUT2D eigenvalue weighted by atomic mass is 9.97. The molecule has 0 aliphatic rings. The first kappa shape index (κ1) is 22.5. The number of benzene rings is 1. The number of carbonyl (C=O) groups is 2. The van der Waals surface area contributed by atoms with Crippen molar-refractivity contribution >= 4 is 17.6 Å². The third kappa shape index (κ3) is 6.95. The van der Waals surface area contributed by atoms with E-state index in [-0.39, 0.29) is 24.4 Å². The Kier molecular flexibility index (Phi) is 8.83. The van der Waals surface area contributed by atoms with Gasteiger partial charge in [0.2, 0.25) is 5.91 Å². The Labute approximate surface area is 158 Å². The molecule has 0 radical (unpaired) electrons. The fourth-order valence-corrected chi connectivity index (χ4v) is 2.53. The number of esters is 1. The van der Waals surface area contributed by atoms with Gasteiger partial charge in [-0.2, -0.15) is 0 Å². The van der Waals surface area contributed by atoms with Crippen molar-refractivity contribution in [1.82, 2.24) is 5.32 Å². The molecule has 4 atom stereocenters. The fourth-order valence-electron chi connectivity index (χ4n) is 2.53. The Morgan fingerprint density at radius 2 is 1.93 bits per heavy atom. The van der Waals surface area contributed by atoms with E-state index in [1.165, 1.54) is 19.2 Å². The van der Waals surface area contributed by atoms with Gasteiger partial charge in [0.15, 0.2) is 0 Å². The van der Waals surface area contributed by atoms with Crippen LogP contribution < -0.4 is 11.1 Å². The topological polar surface area (TPSA) is 145 Å². The van der Waals surface area contributed by atoms with E-state index < -0.39 is 35.0 Å². The molecule has 0 spiro atoms. The highest BCUT2D eigenvalue weighted by Crippen LogP contribution is 2.14. The Balaban J connectivity index is 2.62. The molecule has 1 aromatic rings. The summed E-state index contributed by atoms with van der Waals surface area (Å²) < 4.78 is 4.71. The van der Waals surface area contributed by atoms with Crippen LogP contribution in [0.25, 0.3) is 0 Å². The fraction of sp³-hybridized carbons (Fsp3) is 0.556. The standard InChI is InChI=1S/C18H27N3O6/c1-4-11(2)17(18(24)27-3)20-16(23)10-15(22)14(19)9-12-5-7-13(8-6-12)21(25)26/h5-8,11,14-15,17,22H,4,9-10,19H2,1-3H3,(H,20,23)/t11-,14+,15?,17+/m1/s1. The molecular formula is C18H27N3O6. The third-order valence-electron chi connectivity index (χ3n) is 4.49. The highest BCUT2D eigenvalue weighted by atomic mass is 16.6. The van der Waals surface area contributed by atoms with Crippen LogP contribution in [0.5, 0.6) is 0 Å². The van der Waals surface area contributed by atoms with Crippen LogP contribution in [0.2, 0.25) is 0 Å². The predicted octanol–water partition coefficient (Wildman–Crippen LogP) is 0.920. The number of nitro benzene ring substituents is 1. The minimum absolute atomic E-state index is 0.0360. The predicted molar refractivity (Wildman–Crippen MR) is 98.8 cm³/mol. The summed E-state index contributed by atoms with van der Waals surface area (Å²) in [5.74, 6) is -1.16. The molecule has 0 aliphatic heterocycles. The van der Waals surface area contributed by atoms with Gasteiger partial charge in [0, 0.05) is 18.2 Å². The van der Waals surface area contributed by atoms with E-state index in [0.717, 1.165) is 0 Å². The highest BCUT2D eigenvalue weighted by Gasteiger charge is 2.28. The summed E-state index contributed by atoms with van der Waals surface area (Å²) >= 11 is 0. The molecule has 0 aromatic heterocycles. The molecule has 1 amide bonds. The van der Waals surface area contributed by atoms with Gasteiger partial charge in [0.25, 0.3) is 5.69 Å². The average molecular weight is 381 g/mol. The van der Waals surface area contributed by atoms with E-state index in [9.17, 15) is 24.8 Å². The molecule has 0 heterocycles. The quantitative estimate of drug-likeness (QED) is 0.310. The van der Waals surface area contributed by atoms with Crippen molar-refractivity contribution in [1.29, 1.82) is 0 Å². The molecule has 0 bridgehead atoms. The Hall–Kier alpha value is -2.52. The summed E-state index contributed by atoms with van der Waals surface area (Å²) in [6.07, 6.45) is -0.478. The lowest BCUT2D eigenvalue weighted by Crippen LogP contribution is -2.48. The number of non-ortho nitro benzene ring substituents is 1. The third-order valence-corrected chi connectivity index (χ3v) is 4.49. The number of nitrogens with one attached hydrogen (secondary N) is 1. The summed E-state index contributed by atoms with van der Waals surface area (Å²) in [4.78, 5) is 34.1. The zero-order chi connectivity index (χ0) is 20.6. The second-order valence-corrected chi connectivity index (χ2v) is 6.52. The number of hydrogen-bond donors (Lipinski definition) is 3. The molecule has 1 rings (SSSR count).